The van der Waals surface area contributed by atoms with Crippen molar-refractivity contribution in [1.29, 1.82) is 0 Å². The highest BCUT2D eigenvalue weighted by Crippen LogP contribution is 2.23. The first-order valence-corrected chi connectivity index (χ1v) is 9.24. The summed E-state index contributed by atoms with van der Waals surface area (Å²) in [5, 5.41) is 7.77. The lowest BCUT2D eigenvalue weighted by Gasteiger charge is -2.09. The van der Waals surface area contributed by atoms with Crippen molar-refractivity contribution in [3.8, 4) is 17.0 Å². The maximum Gasteiger partial charge on any atom is 0.261 e. The topological polar surface area (TPSA) is 90.0 Å². The number of aromatic nitrogens is 3. The molecule has 2 aromatic carbocycles. The van der Waals surface area contributed by atoms with Gasteiger partial charge >= 0.3 is 0 Å². The van der Waals surface area contributed by atoms with Crippen LogP contribution in [-0.4, -0.2) is 23.4 Å². The SMILES string of the molecule is O=S(=O)(Nc1ccc(-c2ccno2)cc1)c1ccc(-n2cccn2)cc1. The number of anilines is 1. The molecule has 4 rings (SSSR count). The Morgan fingerprint density at radius 2 is 1.69 bits per heavy atom. The summed E-state index contributed by atoms with van der Waals surface area (Å²) in [7, 11) is -3.68. The predicted octanol–water partition coefficient (Wildman–Crippen LogP) is 3.33. The fourth-order valence-corrected chi connectivity index (χ4v) is 3.54. The molecule has 0 radical (unpaired) electrons. The number of benzene rings is 2. The average molecular weight is 366 g/mol. The Labute approximate surface area is 149 Å². The van der Waals surface area contributed by atoms with E-state index >= 15 is 0 Å². The molecule has 8 heteroatoms. The molecule has 2 heterocycles. The minimum atomic E-state index is -3.68. The largest absolute Gasteiger partial charge is 0.356 e. The molecule has 0 aliphatic rings. The van der Waals surface area contributed by atoms with Gasteiger partial charge in [0.2, 0.25) is 0 Å². The van der Waals surface area contributed by atoms with E-state index in [4.69, 9.17) is 4.52 Å². The first-order chi connectivity index (χ1) is 12.6. The second-order valence-electron chi connectivity index (χ2n) is 5.50. The third-order valence-corrected chi connectivity index (χ3v) is 5.17. The van der Waals surface area contributed by atoms with Gasteiger partial charge in [0.05, 0.1) is 16.8 Å². The van der Waals surface area contributed by atoms with Gasteiger partial charge in [-0.05, 0) is 54.6 Å². The highest BCUT2D eigenvalue weighted by molar-refractivity contribution is 7.92. The third-order valence-electron chi connectivity index (χ3n) is 3.78. The van der Waals surface area contributed by atoms with Crippen LogP contribution in [0.1, 0.15) is 0 Å². The van der Waals surface area contributed by atoms with E-state index < -0.39 is 10.0 Å². The summed E-state index contributed by atoms with van der Waals surface area (Å²) < 4.78 is 34.4. The van der Waals surface area contributed by atoms with Crippen molar-refractivity contribution >= 4 is 15.7 Å². The first kappa shape index (κ1) is 16.1. The molecule has 7 nitrogen and oxygen atoms in total. The van der Waals surface area contributed by atoms with Gasteiger partial charge in [-0.2, -0.15) is 5.10 Å². The summed E-state index contributed by atoms with van der Waals surface area (Å²) >= 11 is 0. The molecular formula is C18H14N4O3S. The zero-order valence-corrected chi connectivity index (χ0v) is 14.3. The maximum atomic E-state index is 12.6. The minimum absolute atomic E-state index is 0.174. The quantitative estimate of drug-likeness (QED) is 0.585. The fraction of sp³-hybridized carbons (Fsp3) is 0. The number of sulfonamides is 1. The van der Waals surface area contributed by atoms with Gasteiger partial charge in [-0.25, -0.2) is 13.1 Å². The van der Waals surface area contributed by atoms with Gasteiger partial charge in [-0.3, -0.25) is 4.72 Å². The molecule has 4 aromatic rings. The van der Waals surface area contributed by atoms with Crippen LogP contribution in [0.5, 0.6) is 0 Å². The van der Waals surface area contributed by atoms with E-state index in [2.05, 4.69) is 15.0 Å². The van der Waals surface area contributed by atoms with Gasteiger partial charge in [0, 0.05) is 29.7 Å². The van der Waals surface area contributed by atoms with Crippen molar-refractivity contribution in [2.75, 3.05) is 4.72 Å². The number of rotatable bonds is 5. The van der Waals surface area contributed by atoms with Crippen molar-refractivity contribution in [2.45, 2.75) is 4.90 Å². The van der Waals surface area contributed by atoms with E-state index in [1.165, 1.54) is 0 Å². The highest BCUT2D eigenvalue weighted by atomic mass is 32.2. The fourth-order valence-electron chi connectivity index (χ4n) is 2.48. The average Bonchev–Trinajstić information content (AvgIpc) is 3.36. The molecule has 1 N–H and O–H groups in total. The maximum absolute atomic E-state index is 12.6. The normalized spacial score (nSPS) is 11.4. The van der Waals surface area contributed by atoms with Crippen molar-refractivity contribution in [3.05, 3.63) is 79.3 Å². The molecule has 0 amide bonds. The van der Waals surface area contributed by atoms with Crippen LogP contribution in [0.2, 0.25) is 0 Å². The van der Waals surface area contributed by atoms with Gasteiger partial charge in [-0.1, -0.05) is 5.16 Å². The van der Waals surface area contributed by atoms with Crippen molar-refractivity contribution in [2.24, 2.45) is 0 Å². The summed E-state index contributed by atoms with van der Waals surface area (Å²) in [6.07, 6.45) is 5.01. The van der Waals surface area contributed by atoms with E-state index in [0.717, 1.165) is 11.3 Å². The van der Waals surface area contributed by atoms with Gasteiger partial charge in [0.15, 0.2) is 5.76 Å². The zero-order valence-electron chi connectivity index (χ0n) is 13.5. The lowest BCUT2D eigenvalue weighted by molar-refractivity contribution is 0.432. The van der Waals surface area contributed by atoms with Crippen molar-refractivity contribution in [1.82, 2.24) is 14.9 Å². The van der Waals surface area contributed by atoms with Crippen LogP contribution in [0.4, 0.5) is 5.69 Å². The molecule has 0 saturated carbocycles. The highest BCUT2D eigenvalue weighted by Gasteiger charge is 2.14. The number of nitrogens with zero attached hydrogens (tertiary/aromatic N) is 3. The van der Waals surface area contributed by atoms with Crippen LogP contribution in [0.25, 0.3) is 17.0 Å². The second-order valence-corrected chi connectivity index (χ2v) is 7.19. The van der Waals surface area contributed by atoms with Gasteiger partial charge in [0.1, 0.15) is 0 Å². The Kier molecular flexibility index (Phi) is 4.02. The first-order valence-electron chi connectivity index (χ1n) is 7.76. The van der Waals surface area contributed by atoms with Gasteiger partial charge < -0.3 is 4.52 Å². The Bertz CT molecular complexity index is 1090. The Balaban J connectivity index is 1.53. The van der Waals surface area contributed by atoms with E-state index in [9.17, 15) is 8.42 Å². The molecule has 0 unspecified atom stereocenters. The third kappa shape index (κ3) is 3.22. The molecule has 130 valence electrons. The molecule has 26 heavy (non-hydrogen) atoms. The molecule has 0 atom stereocenters. The Morgan fingerprint density at radius 1 is 0.923 bits per heavy atom. The summed E-state index contributed by atoms with van der Waals surface area (Å²) in [6.45, 7) is 0. The molecule has 0 aliphatic carbocycles. The van der Waals surface area contributed by atoms with Crippen LogP contribution >= 0.6 is 0 Å². The molecule has 2 aromatic heterocycles. The monoisotopic (exact) mass is 366 g/mol. The number of hydrogen-bond donors (Lipinski definition) is 1. The van der Waals surface area contributed by atoms with Crippen LogP contribution in [0, 0.1) is 0 Å². The smallest absolute Gasteiger partial charge is 0.261 e. The Hall–Kier alpha value is -3.39. The summed E-state index contributed by atoms with van der Waals surface area (Å²) in [5.41, 5.74) is 2.06. The zero-order chi connectivity index (χ0) is 18.0. The van der Waals surface area contributed by atoms with E-state index in [0.29, 0.717) is 11.4 Å². The minimum Gasteiger partial charge on any atom is -0.356 e. The summed E-state index contributed by atoms with van der Waals surface area (Å²) in [4.78, 5) is 0.174. The Morgan fingerprint density at radius 3 is 2.31 bits per heavy atom. The van der Waals surface area contributed by atoms with E-state index in [1.807, 2.05) is 0 Å². The van der Waals surface area contributed by atoms with Crippen LogP contribution in [-0.2, 0) is 10.0 Å². The molecule has 0 fully saturated rings. The molecule has 0 spiro atoms. The van der Waals surface area contributed by atoms with Gasteiger partial charge in [0.25, 0.3) is 10.0 Å². The van der Waals surface area contributed by atoms with Crippen molar-refractivity contribution in [3.63, 3.8) is 0 Å². The molecule has 0 saturated heterocycles. The number of hydrogen-bond acceptors (Lipinski definition) is 5. The molecular weight excluding hydrogens is 352 g/mol. The lowest BCUT2D eigenvalue weighted by atomic mass is 10.1. The number of nitrogens with one attached hydrogen (secondary N) is 1. The van der Waals surface area contributed by atoms with Crippen molar-refractivity contribution < 1.29 is 12.9 Å². The van der Waals surface area contributed by atoms with Crippen LogP contribution < -0.4 is 4.72 Å². The summed E-state index contributed by atoms with van der Waals surface area (Å²) in [5.74, 6) is 0.619. The predicted molar refractivity (Wildman–Crippen MR) is 96.3 cm³/mol. The van der Waals surface area contributed by atoms with Gasteiger partial charge in [-0.15, -0.1) is 0 Å². The summed E-state index contributed by atoms with van der Waals surface area (Å²) in [6, 6.07) is 16.9. The van der Waals surface area contributed by atoms with E-state index in [-0.39, 0.29) is 4.90 Å². The van der Waals surface area contributed by atoms with Crippen LogP contribution in [0.15, 0.2) is 88.7 Å². The second kappa shape index (κ2) is 6.49. The van der Waals surface area contributed by atoms with Crippen LogP contribution in [0.3, 0.4) is 0 Å². The standard InChI is InChI=1S/C18H14N4O3S/c23-26(24,17-8-6-16(7-9-17)22-13-1-11-19-22)21-15-4-2-14(3-5-15)18-10-12-20-25-18/h1-13,21H. The lowest BCUT2D eigenvalue weighted by Crippen LogP contribution is -2.13. The molecule has 0 aliphatic heterocycles. The molecule has 0 bridgehead atoms. The van der Waals surface area contributed by atoms with E-state index in [1.54, 1.807) is 83.9 Å².